The van der Waals surface area contributed by atoms with Gasteiger partial charge in [0.15, 0.2) is 6.61 Å². The number of hydrogen-bond donors (Lipinski definition) is 2. The van der Waals surface area contributed by atoms with Gasteiger partial charge in [-0.2, -0.15) is 0 Å². The van der Waals surface area contributed by atoms with Crippen molar-refractivity contribution in [2.24, 2.45) is 0 Å². The molecule has 2 amide bonds. The van der Waals surface area contributed by atoms with E-state index in [0.29, 0.717) is 11.4 Å². The predicted octanol–water partition coefficient (Wildman–Crippen LogP) is 3.00. The highest BCUT2D eigenvalue weighted by molar-refractivity contribution is 6.30. The number of anilines is 2. The third-order valence-electron chi connectivity index (χ3n) is 3.20. The van der Waals surface area contributed by atoms with E-state index in [0.717, 1.165) is 6.07 Å². The summed E-state index contributed by atoms with van der Waals surface area (Å²) in [5.41, 5.74) is 0.933. The molecule has 2 N–H and O–H groups in total. The molecule has 2 aromatic rings. The minimum atomic E-state index is -0.564. The van der Waals surface area contributed by atoms with E-state index in [2.05, 4.69) is 10.6 Å². The molecule has 0 saturated heterocycles. The number of carbonyl (C=O) groups is 2. The van der Waals surface area contributed by atoms with Crippen molar-refractivity contribution in [3.05, 3.63) is 53.3 Å². The van der Waals surface area contributed by atoms with Crippen molar-refractivity contribution in [1.29, 1.82) is 0 Å². The summed E-state index contributed by atoms with van der Waals surface area (Å²) in [4.78, 5) is 25.7. The first-order chi connectivity index (χ1) is 12.3. The smallest absolute Gasteiger partial charge is 0.262 e. The summed E-state index contributed by atoms with van der Waals surface area (Å²) < 4.78 is 18.4. The fourth-order valence-corrected chi connectivity index (χ4v) is 2.25. The zero-order valence-electron chi connectivity index (χ0n) is 14.4. The second kappa shape index (κ2) is 9.17. The van der Waals surface area contributed by atoms with Crippen LogP contribution in [0.25, 0.3) is 0 Å². The summed E-state index contributed by atoms with van der Waals surface area (Å²) in [6.07, 6.45) is 0. The molecule has 2 rings (SSSR count). The van der Waals surface area contributed by atoms with Crippen LogP contribution in [0.3, 0.4) is 0 Å². The standard InChI is InChI=1S/C18H19ClFN3O3/c1-23(2)10-17(24)21-15-5-3-4-6-16(15)22-18(25)11-26-12-7-8-14(20)13(19)9-12/h3-9H,10-11H2,1-2H3,(H,21,24)(H,22,25). The average molecular weight is 380 g/mol. The molecule has 0 spiro atoms. The Bertz CT molecular complexity index is 799. The number of carbonyl (C=O) groups excluding carboxylic acids is 2. The Morgan fingerprint density at radius 2 is 1.69 bits per heavy atom. The van der Waals surface area contributed by atoms with E-state index in [4.69, 9.17) is 16.3 Å². The summed E-state index contributed by atoms with van der Waals surface area (Å²) >= 11 is 5.66. The molecule has 0 unspecified atom stereocenters. The van der Waals surface area contributed by atoms with E-state index >= 15 is 0 Å². The molecule has 0 aliphatic heterocycles. The molecule has 0 aromatic heterocycles. The molecule has 0 aliphatic rings. The van der Waals surface area contributed by atoms with E-state index in [1.54, 1.807) is 43.3 Å². The third-order valence-corrected chi connectivity index (χ3v) is 3.49. The van der Waals surface area contributed by atoms with Crippen molar-refractivity contribution in [3.63, 3.8) is 0 Å². The monoisotopic (exact) mass is 379 g/mol. The van der Waals surface area contributed by atoms with Crippen LogP contribution < -0.4 is 15.4 Å². The van der Waals surface area contributed by atoms with Gasteiger partial charge in [0, 0.05) is 6.07 Å². The van der Waals surface area contributed by atoms with E-state index in [-0.39, 0.29) is 29.8 Å². The SMILES string of the molecule is CN(C)CC(=O)Nc1ccccc1NC(=O)COc1ccc(F)c(Cl)c1. The molecule has 0 atom stereocenters. The summed E-state index contributed by atoms with van der Waals surface area (Å²) in [5.74, 6) is -0.918. The summed E-state index contributed by atoms with van der Waals surface area (Å²) in [6, 6.07) is 10.7. The minimum absolute atomic E-state index is 0.0862. The van der Waals surface area contributed by atoms with Crippen molar-refractivity contribution in [1.82, 2.24) is 4.90 Å². The van der Waals surface area contributed by atoms with Gasteiger partial charge in [0.25, 0.3) is 5.91 Å². The molecule has 138 valence electrons. The molecule has 0 saturated carbocycles. The summed E-state index contributed by atoms with van der Waals surface area (Å²) in [5, 5.41) is 5.32. The van der Waals surface area contributed by atoms with Crippen LogP contribution in [0.4, 0.5) is 15.8 Å². The molecule has 0 fully saturated rings. The maximum absolute atomic E-state index is 13.1. The van der Waals surface area contributed by atoms with Crippen LogP contribution in [0.1, 0.15) is 0 Å². The summed E-state index contributed by atoms with van der Waals surface area (Å²) in [6.45, 7) is -0.0708. The maximum atomic E-state index is 13.1. The van der Waals surface area contributed by atoms with Crippen LogP contribution in [0.2, 0.25) is 5.02 Å². The van der Waals surface area contributed by atoms with E-state index in [1.165, 1.54) is 12.1 Å². The van der Waals surface area contributed by atoms with Crippen LogP contribution >= 0.6 is 11.6 Å². The first-order valence-electron chi connectivity index (χ1n) is 7.76. The Kier molecular flexibility index (Phi) is 6.94. The van der Waals surface area contributed by atoms with Crippen molar-refractivity contribution in [2.45, 2.75) is 0 Å². The van der Waals surface area contributed by atoms with E-state index < -0.39 is 11.7 Å². The molecular weight excluding hydrogens is 361 g/mol. The van der Waals surface area contributed by atoms with Gasteiger partial charge in [-0.05, 0) is 38.4 Å². The van der Waals surface area contributed by atoms with Crippen molar-refractivity contribution >= 4 is 34.8 Å². The number of rotatable bonds is 7. The second-order valence-corrected chi connectivity index (χ2v) is 6.15. The zero-order valence-corrected chi connectivity index (χ0v) is 15.1. The Labute approximate surface area is 155 Å². The largest absolute Gasteiger partial charge is 0.484 e. The summed E-state index contributed by atoms with van der Waals surface area (Å²) in [7, 11) is 3.57. The highest BCUT2D eigenvalue weighted by atomic mass is 35.5. The van der Waals surface area contributed by atoms with Crippen molar-refractivity contribution in [2.75, 3.05) is 37.9 Å². The molecule has 0 heterocycles. The lowest BCUT2D eigenvalue weighted by molar-refractivity contribution is -0.118. The van der Waals surface area contributed by atoms with Crippen LogP contribution in [0.5, 0.6) is 5.75 Å². The number of hydrogen-bond acceptors (Lipinski definition) is 4. The first kappa shape index (κ1) is 19.7. The number of halogens is 2. The van der Waals surface area contributed by atoms with Gasteiger partial charge >= 0.3 is 0 Å². The number of benzene rings is 2. The molecule has 0 bridgehead atoms. The number of ether oxygens (including phenoxy) is 1. The number of nitrogens with zero attached hydrogens (tertiary/aromatic N) is 1. The average Bonchev–Trinajstić information content (AvgIpc) is 2.57. The Morgan fingerprint density at radius 1 is 1.08 bits per heavy atom. The van der Waals surface area contributed by atoms with Crippen LogP contribution in [-0.2, 0) is 9.59 Å². The lowest BCUT2D eigenvalue weighted by Gasteiger charge is -2.14. The van der Waals surface area contributed by atoms with Gasteiger partial charge in [0.2, 0.25) is 5.91 Å². The lowest BCUT2D eigenvalue weighted by atomic mass is 10.2. The normalized spacial score (nSPS) is 10.5. The van der Waals surface area contributed by atoms with Gasteiger partial charge in [0.05, 0.1) is 22.9 Å². The zero-order chi connectivity index (χ0) is 19.1. The molecule has 0 aliphatic carbocycles. The van der Waals surface area contributed by atoms with Crippen LogP contribution in [-0.4, -0.2) is 44.0 Å². The Morgan fingerprint density at radius 3 is 2.27 bits per heavy atom. The molecule has 0 radical (unpaired) electrons. The van der Waals surface area contributed by atoms with Crippen molar-refractivity contribution in [3.8, 4) is 5.75 Å². The second-order valence-electron chi connectivity index (χ2n) is 5.74. The quantitative estimate of drug-likeness (QED) is 0.775. The minimum Gasteiger partial charge on any atom is -0.484 e. The molecule has 6 nitrogen and oxygen atoms in total. The fourth-order valence-electron chi connectivity index (χ4n) is 2.08. The van der Waals surface area contributed by atoms with E-state index in [1.807, 2.05) is 0 Å². The van der Waals surface area contributed by atoms with E-state index in [9.17, 15) is 14.0 Å². The number of amides is 2. The predicted molar refractivity (Wildman–Crippen MR) is 99.2 cm³/mol. The third kappa shape index (κ3) is 6.02. The number of para-hydroxylation sites is 2. The molecule has 26 heavy (non-hydrogen) atoms. The maximum Gasteiger partial charge on any atom is 0.262 e. The van der Waals surface area contributed by atoms with Gasteiger partial charge in [-0.25, -0.2) is 4.39 Å². The highest BCUT2D eigenvalue weighted by Gasteiger charge is 2.11. The number of nitrogens with one attached hydrogen (secondary N) is 2. The van der Waals surface area contributed by atoms with Gasteiger partial charge in [-0.15, -0.1) is 0 Å². The first-order valence-corrected chi connectivity index (χ1v) is 8.14. The van der Waals surface area contributed by atoms with Gasteiger partial charge < -0.3 is 20.3 Å². The fraction of sp³-hybridized carbons (Fsp3) is 0.222. The Balaban J connectivity index is 1.96. The Hall–Kier alpha value is -2.64. The van der Waals surface area contributed by atoms with Gasteiger partial charge in [-0.3, -0.25) is 9.59 Å². The van der Waals surface area contributed by atoms with Crippen LogP contribution in [0, 0.1) is 5.82 Å². The van der Waals surface area contributed by atoms with Crippen molar-refractivity contribution < 1.29 is 18.7 Å². The lowest BCUT2D eigenvalue weighted by Crippen LogP contribution is -2.28. The van der Waals surface area contributed by atoms with Gasteiger partial charge in [-0.1, -0.05) is 23.7 Å². The van der Waals surface area contributed by atoms with Crippen LogP contribution in [0.15, 0.2) is 42.5 Å². The highest BCUT2D eigenvalue weighted by Crippen LogP contribution is 2.22. The molecule has 8 heteroatoms. The topological polar surface area (TPSA) is 70.7 Å². The number of likely N-dealkylation sites (N-methyl/N-ethyl adjacent to an activating group) is 1. The van der Waals surface area contributed by atoms with Gasteiger partial charge in [0.1, 0.15) is 11.6 Å². The molecule has 2 aromatic carbocycles. The molecular formula is C18H19ClFN3O3.